The second kappa shape index (κ2) is 6.88. The first kappa shape index (κ1) is 15.0. The molecule has 1 saturated heterocycles. The molecule has 1 aromatic heterocycles. The number of likely N-dealkylation sites (tertiary alicyclic amines) is 1. The lowest BCUT2D eigenvalue weighted by Crippen LogP contribution is -2.48. The van der Waals surface area contributed by atoms with Crippen LogP contribution in [0.3, 0.4) is 0 Å². The number of rotatable bonds is 5. The van der Waals surface area contributed by atoms with Crippen LogP contribution in [0.1, 0.15) is 38.4 Å². The Kier molecular flexibility index (Phi) is 5.17. The lowest BCUT2D eigenvalue weighted by molar-refractivity contribution is -0.134. The Labute approximate surface area is 121 Å². The van der Waals surface area contributed by atoms with Crippen LogP contribution < -0.4 is 5.73 Å². The first-order valence-corrected chi connectivity index (χ1v) is 7.62. The highest BCUT2D eigenvalue weighted by atomic mass is 16.2. The van der Waals surface area contributed by atoms with E-state index < -0.39 is 0 Å². The molecule has 0 aromatic carbocycles. The smallest absolute Gasteiger partial charge is 0.239 e. The largest absolute Gasteiger partial charge is 0.341 e. The van der Waals surface area contributed by atoms with Gasteiger partial charge >= 0.3 is 0 Å². The molecule has 2 heterocycles. The number of aromatic nitrogens is 2. The zero-order chi connectivity index (χ0) is 14.5. The third-order valence-electron chi connectivity index (χ3n) is 4.14. The van der Waals surface area contributed by atoms with Crippen LogP contribution in [-0.4, -0.2) is 39.5 Å². The number of nitrogens with zero attached hydrogens (tertiary/aromatic N) is 3. The number of hydrogen-bond donors (Lipinski definition) is 1. The van der Waals surface area contributed by atoms with Crippen LogP contribution in [0.25, 0.3) is 0 Å². The molecule has 2 N–H and O–H groups in total. The fourth-order valence-corrected chi connectivity index (χ4v) is 2.95. The number of carbonyl (C=O) groups excluding carboxylic acids is 1. The zero-order valence-corrected chi connectivity index (χ0v) is 12.6. The van der Waals surface area contributed by atoms with Gasteiger partial charge in [-0.05, 0) is 25.2 Å². The first-order chi connectivity index (χ1) is 9.61. The Hall–Kier alpha value is -1.36. The highest BCUT2D eigenvalue weighted by Gasteiger charge is 2.27. The summed E-state index contributed by atoms with van der Waals surface area (Å²) in [6.07, 6.45) is 8.71. The lowest BCUT2D eigenvalue weighted by Gasteiger charge is -2.34. The van der Waals surface area contributed by atoms with Crippen LogP contribution in [0.15, 0.2) is 12.4 Å². The van der Waals surface area contributed by atoms with Crippen LogP contribution in [0.2, 0.25) is 0 Å². The number of amides is 1. The number of piperidine rings is 1. The Morgan fingerprint density at radius 2 is 2.40 bits per heavy atom. The fraction of sp³-hybridized carbons (Fsp3) is 0.733. The molecule has 1 aliphatic rings. The summed E-state index contributed by atoms with van der Waals surface area (Å²) in [5.74, 6) is 1.72. The molecule has 1 aliphatic heterocycles. The summed E-state index contributed by atoms with van der Waals surface area (Å²) in [5.41, 5.74) is 5.96. The second-order valence-corrected chi connectivity index (χ2v) is 5.85. The minimum absolute atomic E-state index is 0.122. The molecule has 5 heteroatoms. The van der Waals surface area contributed by atoms with E-state index in [4.69, 9.17) is 5.73 Å². The molecule has 20 heavy (non-hydrogen) atoms. The van der Waals surface area contributed by atoms with Gasteiger partial charge in [0.2, 0.25) is 5.91 Å². The van der Waals surface area contributed by atoms with Gasteiger partial charge in [-0.1, -0.05) is 13.3 Å². The van der Waals surface area contributed by atoms with Gasteiger partial charge in [-0.3, -0.25) is 4.79 Å². The van der Waals surface area contributed by atoms with E-state index in [0.29, 0.717) is 5.92 Å². The maximum Gasteiger partial charge on any atom is 0.239 e. The van der Waals surface area contributed by atoms with Crippen LogP contribution in [0, 0.1) is 5.92 Å². The molecule has 0 bridgehead atoms. The van der Waals surface area contributed by atoms with E-state index in [-0.39, 0.29) is 11.9 Å². The topological polar surface area (TPSA) is 64.2 Å². The molecular weight excluding hydrogens is 252 g/mol. The van der Waals surface area contributed by atoms with Crippen molar-refractivity contribution in [2.45, 2.75) is 45.1 Å². The third kappa shape index (κ3) is 3.60. The van der Waals surface area contributed by atoms with Gasteiger partial charge in [0.25, 0.3) is 0 Å². The maximum absolute atomic E-state index is 12.3. The quantitative estimate of drug-likeness (QED) is 0.883. The third-order valence-corrected chi connectivity index (χ3v) is 4.14. The zero-order valence-electron chi connectivity index (χ0n) is 12.6. The van der Waals surface area contributed by atoms with E-state index >= 15 is 0 Å². The normalized spacial score (nSPS) is 20.9. The molecule has 1 amide bonds. The summed E-state index contributed by atoms with van der Waals surface area (Å²) in [4.78, 5) is 18.6. The number of imidazole rings is 1. The second-order valence-electron chi connectivity index (χ2n) is 5.85. The molecule has 2 rings (SSSR count). The predicted molar refractivity (Wildman–Crippen MR) is 79.1 cm³/mol. The van der Waals surface area contributed by atoms with Crippen molar-refractivity contribution in [3.8, 4) is 0 Å². The van der Waals surface area contributed by atoms with Crippen LogP contribution >= 0.6 is 0 Å². The molecule has 1 fully saturated rings. The van der Waals surface area contributed by atoms with Gasteiger partial charge in [0.15, 0.2) is 0 Å². The highest BCUT2D eigenvalue weighted by Crippen LogP contribution is 2.21. The van der Waals surface area contributed by atoms with Crippen molar-refractivity contribution in [3.05, 3.63) is 18.2 Å². The minimum Gasteiger partial charge on any atom is -0.341 e. The predicted octanol–water partition coefficient (Wildman–Crippen LogP) is 1.33. The van der Waals surface area contributed by atoms with Crippen LogP contribution in [-0.2, 0) is 18.3 Å². The van der Waals surface area contributed by atoms with Crippen molar-refractivity contribution < 1.29 is 4.79 Å². The summed E-state index contributed by atoms with van der Waals surface area (Å²) in [5, 5.41) is 0. The molecule has 2 atom stereocenters. The maximum atomic E-state index is 12.3. The van der Waals surface area contributed by atoms with Crippen molar-refractivity contribution in [2.75, 3.05) is 13.1 Å². The lowest BCUT2D eigenvalue weighted by atomic mass is 9.93. The van der Waals surface area contributed by atoms with Gasteiger partial charge in [0.1, 0.15) is 5.82 Å². The Morgan fingerprint density at radius 1 is 1.60 bits per heavy atom. The molecule has 0 spiro atoms. The molecule has 1 aromatic rings. The van der Waals surface area contributed by atoms with Crippen molar-refractivity contribution in [2.24, 2.45) is 18.7 Å². The average Bonchev–Trinajstić information content (AvgIpc) is 2.84. The number of carbonyl (C=O) groups is 1. The Bertz CT molecular complexity index is 443. The van der Waals surface area contributed by atoms with E-state index in [1.165, 1.54) is 6.42 Å². The summed E-state index contributed by atoms with van der Waals surface area (Å²) in [6.45, 7) is 3.74. The number of nitrogens with two attached hydrogens (primary N) is 1. The summed E-state index contributed by atoms with van der Waals surface area (Å²) >= 11 is 0. The van der Waals surface area contributed by atoms with Crippen molar-refractivity contribution in [3.63, 3.8) is 0 Å². The van der Waals surface area contributed by atoms with Gasteiger partial charge in [-0.2, -0.15) is 0 Å². The first-order valence-electron chi connectivity index (χ1n) is 7.62. The Balaban J connectivity index is 1.91. The van der Waals surface area contributed by atoms with Gasteiger partial charge < -0.3 is 15.2 Å². The van der Waals surface area contributed by atoms with E-state index in [1.807, 2.05) is 24.3 Å². The molecule has 0 unspecified atom stereocenters. The molecule has 5 nitrogen and oxygen atoms in total. The van der Waals surface area contributed by atoms with Crippen molar-refractivity contribution in [1.82, 2.24) is 14.5 Å². The molecular formula is C15H26N4O. The van der Waals surface area contributed by atoms with Gasteiger partial charge in [0, 0.05) is 39.0 Å². The molecule has 0 aliphatic carbocycles. The van der Waals surface area contributed by atoms with Gasteiger partial charge in [-0.25, -0.2) is 4.98 Å². The van der Waals surface area contributed by atoms with Crippen LogP contribution in [0.4, 0.5) is 0 Å². The van der Waals surface area contributed by atoms with Gasteiger partial charge in [0.05, 0.1) is 6.04 Å². The minimum atomic E-state index is -0.327. The van der Waals surface area contributed by atoms with Gasteiger partial charge in [-0.15, -0.1) is 0 Å². The van der Waals surface area contributed by atoms with E-state index in [0.717, 1.165) is 44.6 Å². The summed E-state index contributed by atoms with van der Waals surface area (Å²) in [6, 6.07) is -0.327. The number of aryl methyl sites for hydroxylation is 1. The summed E-state index contributed by atoms with van der Waals surface area (Å²) in [7, 11) is 2.02. The molecule has 0 radical (unpaired) electrons. The van der Waals surface area contributed by atoms with Crippen molar-refractivity contribution >= 4 is 5.91 Å². The van der Waals surface area contributed by atoms with E-state index in [1.54, 1.807) is 0 Å². The standard InChI is InChI=1S/C15H26N4O/c1-3-5-13(16)15(20)19-8-4-6-12(11-19)10-14-17-7-9-18(14)2/h7,9,12-13H,3-6,8,10-11,16H2,1-2H3/t12-,13-/m1/s1. The summed E-state index contributed by atoms with van der Waals surface area (Å²) < 4.78 is 2.06. The average molecular weight is 278 g/mol. The fourth-order valence-electron chi connectivity index (χ4n) is 2.95. The monoisotopic (exact) mass is 278 g/mol. The highest BCUT2D eigenvalue weighted by molar-refractivity contribution is 5.81. The van der Waals surface area contributed by atoms with E-state index in [2.05, 4.69) is 16.5 Å². The van der Waals surface area contributed by atoms with Crippen LogP contribution in [0.5, 0.6) is 0 Å². The SMILES string of the molecule is CCC[C@@H](N)C(=O)N1CCC[C@H](Cc2nccn2C)C1. The Morgan fingerprint density at radius 3 is 3.05 bits per heavy atom. The number of hydrogen-bond acceptors (Lipinski definition) is 3. The van der Waals surface area contributed by atoms with E-state index in [9.17, 15) is 4.79 Å². The van der Waals surface area contributed by atoms with Crippen molar-refractivity contribution in [1.29, 1.82) is 0 Å². The molecule has 112 valence electrons. The molecule has 0 saturated carbocycles.